The minimum Gasteiger partial charge on any atom is -0.461 e. The van der Waals surface area contributed by atoms with Crippen molar-refractivity contribution in [3.05, 3.63) is 0 Å². The predicted molar refractivity (Wildman–Crippen MR) is 169 cm³/mol. The number of hydrogen-bond donors (Lipinski definition) is 0. The lowest BCUT2D eigenvalue weighted by Gasteiger charge is -2.46. The summed E-state index contributed by atoms with van der Waals surface area (Å²) in [4.78, 5) is 13.7. The van der Waals surface area contributed by atoms with Crippen molar-refractivity contribution in [1.82, 2.24) is 4.31 Å². The first-order valence-corrected chi connectivity index (χ1v) is 19.3. The zero-order valence-corrected chi connectivity index (χ0v) is 28.1. The van der Waals surface area contributed by atoms with Crippen LogP contribution in [0.1, 0.15) is 163 Å². The predicted octanol–water partition coefficient (Wildman–Crippen LogP) is 8.69. The number of carbonyl (C=O) groups is 1. The van der Waals surface area contributed by atoms with Crippen molar-refractivity contribution in [3.8, 4) is 6.07 Å². The molecule has 240 valence electrons. The molecule has 0 radical (unpaired) electrons. The topological polar surface area (TPSA) is 87.5 Å². The fourth-order valence-electron chi connectivity index (χ4n) is 9.23. The van der Waals surface area contributed by atoms with E-state index in [-0.39, 0.29) is 23.3 Å². The lowest BCUT2D eigenvalue weighted by atomic mass is 9.69. The van der Waals surface area contributed by atoms with E-state index >= 15 is 0 Å². The van der Waals surface area contributed by atoms with Crippen molar-refractivity contribution in [2.75, 3.05) is 5.75 Å². The van der Waals surface area contributed by atoms with Crippen LogP contribution in [-0.2, 0) is 19.6 Å². The van der Waals surface area contributed by atoms with Crippen molar-refractivity contribution >= 4 is 16.0 Å². The minimum absolute atomic E-state index is 0.0650. The molecule has 0 unspecified atom stereocenters. The molecule has 4 aliphatic rings. The molecule has 4 fully saturated rings. The Morgan fingerprint density at radius 3 is 1.98 bits per heavy atom. The summed E-state index contributed by atoms with van der Waals surface area (Å²) in [7, 11) is -3.58. The standard InChI is InChI=1S/C35H60N2O4S/c1-5-6-7-8-9-10-17-23-34(4,26-36)32(38)41-31-25-28-22-24-35(31,33(28,2)3)27-42(39,40)37(29-18-13-11-14-19-29)30-20-15-12-16-21-30/h28-31H,5-25,27H2,1-4H3/t28-,31-,34-,35-/m1/s1. The summed E-state index contributed by atoms with van der Waals surface area (Å²) < 4.78 is 37.6. The number of sulfonamides is 1. The van der Waals surface area contributed by atoms with Gasteiger partial charge in [0.25, 0.3) is 0 Å². The number of esters is 1. The van der Waals surface area contributed by atoms with Crippen molar-refractivity contribution in [2.24, 2.45) is 22.2 Å². The van der Waals surface area contributed by atoms with Crippen LogP contribution in [0.25, 0.3) is 0 Å². The average molecular weight is 605 g/mol. The fraction of sp³-hybridized carbons (Fsp3) is 0.943. The van der Waals surface area contributed by atoms with E-state index in [1.165, 1.54) is 38.5 Å². The highest BCUT2D eigenvalue weighted by molar-refractivity contribution is 7.89. The van der Waals surface area contributed by atoms with Crippen LogP contribution in [-0.4, -0.2) is 42.6 Å². The molecule has 0 amide bonds. The van der Waals surface area contributed by atoms with Gasteiger partial charge < -0.3 is 4.74 Å². The number of hydrogen-bond acceptors (Lipinski definition) is 5. The van der Waals surface area contributed by atoms with Gasteiger partial charge in [0.1, 0.15) is 6.10 Å². The van der Waals surface area contributed by atoms with Crippen LogP contribution >= 0.6 is 0 Å². The lowest BCUT2D eigenvalue weighted by Crippen LogP contribution is -2.55. The van der Waals surface area contributed by atoms with Crippen LogP contribution in [0.15, 0.2) is 0 Å². The Morgan fingerprint density at radius 2 is 1.45 bits per heavy atom. The van der Waals surface area contributed by atoms with Gasteiger partial charge in [-0.2, -0.15) is 9.57 Å². The Kier molecular flexibility index (Phi) is 11.5. The quantitative estimate of drug-likeness (QED) is 0.138. The highest BCUT2D eigenvalue weighted by Gasteiger charge is 2.67. The van der Waals surface area contributed by atoms with Crippen LogP contribution in [0.4, 0.5) is 0 Å². The van der Waals surface area contributed by atoms with E-state index in [1.54, 1.807) is 6.92 Å². The number of rotatable bonds is 15. The molecule has 2 bridgehead atoms. The van der Waals surface area contributed by atoms with Crippen molar-refractivity contribution in [2.45, 2.75) is 181 Å². The number of nitriles is 1. The van der Waals surface area contributed by atoms with Crippen molar-refractivity contribution in [3.63, 3.8) is 0 Å². The number of carbonyl (C=O) groups excluding carboxylic acids is 1. The third-order valence-electron chi connectivity index (χ3n) is 12.2. The normalized spacial score (nSPS) is 29.8. The van der Waals surface area contributed by atoms with Crippen LogP contribution in [0.5, 0.6) is 0 Å². The summed E-state index contributed by atoms with van der Waals surface area (Å²) >= 11 is 0. The maximum Gasteiger partial charge on any atom is 0.326 e. The molecule has 0 aliphatic heterocycles. The Labute approximate surface area is 257 Å². The van der Waals surface area contributed by atoms with Gasteiger partial charge in [0.05, 0.1) is 11.8 Å². The zero-order chi connectivity index (χ0) is 30.4. The molecule has 0 N–H and O–H groups in total. The number of fused-ring (bicyclic) bond motifs is 2. The molecule has 0 aromatic rings. The maximum atomic E-state index is 14.6. The first-order chi connectivity index (χ1) is 20.0. The smallest absolute Gasteiger partial charge is 0.326 e. The third-order valence-corrected chi connectivity index (χ3v) is 14.3. The first-order valence-electron chi connectivity index (χ1n) is 17.6. The fourth-order valence-corrected chi connectivity index (χ4v) is 12.1. The highest BCUT2D eigenvalue weighted by Crippen LogP contribution is 2.67. The summed E-state index contributed by atoms with van der Waals surface area (Å²) in [6.45, 7) is 8.36. The summed E-state index contributed by atoms with van der Waals surface area (Å²) in [5.41, 5.74) is -2.04. The largest absolute Gasteiger partial charge is 0.461 e. The van der Waals surface area contributed by atoms with Crippen molar-refractivity contribution < 1.29 is 17.9 Å². The van der Waals surface area contributed by atoms with Crippen molar-refractivity contribution in [1.29, 1.82) is 5.26 Å². The molecule has 0 saturated heterocycles. The molecule has 42 heavy (non-hydrogen) atoms. The molecule has 7 heteroatoms. The van der Waals surface area contributed by atoms with Gasteiger partial charge in [-0.1, -0.05) is 104 Å². The molecule has 4 rings (SSSR count). The molecule has 0 aromatic carbocycles. The first kappa shape index (κ1) is 33.8. The number of nitrogens with zero attached hydrogens (tertiary/aromatic N) is 2. The second-order valence-electron chi connectivity index (χ2n) is 15.2. The average Bonchev–Trinajstić information content (AvgIpc) is 3.32. The van der Waals surface area contributed by atoms with E-state index < -0.39 is 32.9 Å². The molecule has 0 spiro atoms. The highest BCUT2D eigenvalue weighted by atomic mass is 32.2. The monoisotopic (exact) mass is 604 g/mol. The van der Waals surface area contributed by atoms with Gasteiger partial charge in [0.15, 0.2) is 5.41 Å². The number of unbranched alkanes of at least 4 members (excludes halogenated alkanes) is 6. The molecular formula is C35H60N2O4S. The van der Waals surface area contributed by atoms with Crippen LogP contribution in [0.2, 0.25) is 0 Å². The zero-order valence-electron chi connectivity index (χ0n) is 27.3. The Balaban J connectivity index is 1.50. The SMILES string of the molecule is CCCCCCCCC[C@](C)(C#N)C(=O)O[C@@H]1C[C@H]2CC[C@]1(CS(=O)(=O)N(C1CCCCC1)C1CCCCC1)C2(C)C. The van der Waals surface area contributed by atoms with Gasteiger partial charge in [-0.05, 0) is 69.6 Å². The summed E-state index contributed by atoms with van der Waals surface area (Å²) in [5, 5.41) is 10.1. The summed E-state index contributed by atoms with van der Waals surface area (Å²) in [6, 6.07) is 2.50. The van der Waals surface area contributed by atoms with E-state index in [0.29, 0.717) is 18.8 Å². The van der Waals surface area contributed by atoms with E-state index in [4.69, 9.17) is 4.74 Å². The molecular weight excluding hydrogens is 544 g/mol. The van der Waals surface area contributed by atoms with Crippen LogP contribution < -0.4 is 0 Å². The van der Waals surface area contributed by atoms with Gasteiger partial charge in [0, 0.05) is 17.5 Å². The van der Waals surface area contributed by atoms with Gasteiger partial charge in [-0.25, -0.2) is 8.42 Å². The van der Waals surface area contributed by atoms with Gasteiger partial charge in [-0.3, -0.25) is 4.79 Å². The molecule has 0 aromatic heterocycles. The third kappa shape index (κ3) is 7.06. The van der Waals surface area contributed by atoms with Crippen LogP contribution in [0.3, 0.4) is 0 Å². The van der Waals surface area contributed by atoms with Gasteiger partial charge in [0.2, 0.25) is 10.0 Å². The lowest BCUT2D eigenvalue weighted by molar-refractivity contribution is -0.165. The second kappa shape index (κ2) is 14.3. The summed E-state index contributed by atoms with van der Waals surface area (Å²) in [5.74, 6) is -0.0487. The molecule has 4 aliphatic carbocycles. The molecule has 6 nitrogen and oxygen atoms in total. The Bertz CT molecular complexity index is 1020. The summed E-state index contributed by atoms with van der Waals surface area (Å²) in [6.07, 6.45) is 21.1. The number of ether oxygens (including phenoxy) is 1. The molecule has 4 saturated carbocycles. The van der Waals surface area contributed by atoms with E-state index in [2.05, 4.69) is 26.8 Å². The van der Waals surface area contributed by atoms with E-state index in [9.17, 15) is 18.5 Å². The second-order valence-corrected chi connectivity index (χ2v) is 17.1. The van der Waals surface area contributed by atoms with E-state index in [1.807, 2.05) is 4.31 Å². The van der Waals surface area contributed by atoms with Crippen LogP contribution in [0, 0.1) is 33.5 Å². The molecule has 0 heterocycles. The Morgan fingerprint density at radius 1 is 0.905 bits per heavy atom. The molecule has 4 atom stereocenters. The van der Waals surface area contributed by atoms with E-state index in [0.717, 1.165) is 83.5 Å². The van der Waals surface area contributed by atoms with Gasteiger partial charge in [-0.15, -0.1) is 0 Å². The maximum absolute atomic E-state index is 14.6. The van der Waals surface area contributed by atoms with Gasteiger partial charge >= 0.3 is 5.97 Å². The minimum atomic E-state index is -3.58. The Hall–Kier alpha value is -1.13.